The van der Waals surface area contributed by atoms with E-state index in [9.17, 15) is 9.59 Å². The molecule has 8 heteroatoms. The van der Waals surface area contributed by atoms with Crippen molar-refractivity contribution in [2.24, 2.45) is 0 Å². The quantitative estimate of drug-likeness (QED) is 0.805. The lowest BCUT2D eigenvalue weighted by atomic mass is 10.1. The van der Waals surface area contributed by atoms with Crippen LogP contribution in [0.5, 0.6) is 0 Å². The van der Waals surface area contributed by atoms with E-state index in [-0.39, 0.29) is 12.3 Å². The highest BCUT2D eigenvalue weighted by molar-refractivity contribution is 6.07. The second kappa shape index (κ2) is 8.59. The lowest BCUT2D eigenvalue weighted by molar-refractivity contribution is 0.0527. The van der Waals surface area contributed by atoms with Gasteiger partial charge < -0.3 is 19.7 Å². The van der Waals surface area contributed by atoms with Gasteiger partial charge in [-0.15, -0.1) is 0 Å². The standard InChI is InChI=1S/C19H22N4O4/c1-3-27-19(25)14-6-4-5-7-15(14)22-18(24)16-12-17(21-13(2)20-16)23-8-10-26-11-9-23/h4-7,12H,3,8-11H2,1-2H3,(H,22,24). The summed E-state index contributed by atoms with van der Waals surface area (Å²) in [6.07, 6.45) is 0. The second-order valence-corrected chi connectivity index (χ2v) is 5.98. The molecule has 1 amide bonds. The number of carbonyl (C=O) groups is 2. The maximum atomic E-state index is 12.7. The van der Waals surface area contributed by atoms with Gasteiger partial charge in [0.1, 0.15) is 17.3 Å². The molecule has 0 spiro atoms. The molecule has 1 N–H and O–H groups in total. The number of amides is 1. The number of nitrogens with one attached hydrogen (secondary N) is 1. The van der Waals surface area contributed by atoms with Gasteiger partial charge in [0, 0.05) is 19.2 Å². The van der Waals surface area contributed by atoms with Gasteiger partial charge >= 0.3 is 5.97 Å². The zero-order valence-electron chi connectivity index (χ0n) is 15.4. The summed E-state index contributed by atoms with van der Waals surface area (Å²) in [5.41, 5.74) is 0.916. The number of morpholine rings is 1. The van der Waals surface area contributed by atoms with Gasteiger partial charge in [-0.25, -0.2) is 14.8 Å². The first-order valence-electron chi connectivity index (χ1n) is 8.84. The second-order valence-electron chi connectivity index (χ2n) is 5.98. The van der Waals surface area contributed by atoms with Crippen molar-refractivity contribution >= 4 is 23.4 Å². The predicted molar refractivity (Wildman–Crippen MR) is 100 cm³/mol. The Balaban J connectivity index is 1.83. The van der Waals surface area contributed by atoms with Crippen LogP contribution in [-0.2, 0) is 9.47 Å². The number of aromatic nitrogens is 2. The first kappa shape index (κ1) is 18.8. The molecule has 1 aromatic heterocycles. The van der Waals surface area contributed by atoms with Crippen molar-refractivity contribution in [2.45, 2.75) is 13.8 Å². The van der Waals surface area contributed by atoms with Crippen LogP contribution < -0.4 is 10.2 Å². The molecule has 2 heterocycles. The van der Waals surface area contributed by atoms with Crippen molar-refractivity contribution in [3.63, 3.8) is 0 Å². The number of anilines is 2. The van der Waals surface area contributed by atoms with E-state index in [4.69, 9.17) is 9.47 Å². The Bertz CT molecular complexity index is 834. The van der Waals surface area contributed by atoms with E-state index in [0.29, 0.717) is 49.2 Å². The third-order valence-electron chi connectivity index (χ3n) is 4.06. The molecule has 142 valence electrons. The van der Waals surface area contributed by atoms with E-state index >= 15 is 0 Å². The molecule has 27 heavy (non-hydrogen) atoms. The number of hydrogen-bond acceptors (Lipinski definition) is 7. The average molecular weight is 370 g/mol. The van der Waals surface area contributed by atoms with Crippen LogP contribution in [0.15, 0.2) is 30.3 Å². The van der Waals surface area contributed by atoms with Crippen molar-refractivity contribution < 1.29 is 19.1 Å². The van der Waals surface area contributed by atoms with Crippen LogP contribution in [0.2, 0.25) is 0 Å². The van der Waals surface area contributed by atoms with Gasteiger partial charge in [-0.2, -0.15) is 0 Å². The third-order valence-corrected chi connectivity index (χ3v) is 4.06. The summed E-state index contributed by atoms with van der Waals surface area (Å²) >= 11 is 0. The van der Waals surface area contributed by atoms with Gasteiger partial charge in [0.25, 0.3) is 5.91 Å². The molecule has 8 nitrogen and oxygen atoms in total. The predicted octanol–water partition coefficient (Wildman–Crippen LogP) is 2.05. The average Bonchev–Trinajstić information content (AvgIpc) is 2.68. The minimum atomic E-state index is -0.485. The largest absolute Gasteiger partial charge is 0.462 e. The Morgan fingerprint density at radius 3 is 2.70 bits per heavy atom. The van der Waals surface area contributed by atoms with E-state index in [1.807, 2.05) is 0 Å². The fourth-order valence-electron chi connectivity index (χ4n) is 2.79. The highest BCUT2D eigenvalue weighted by Gasteiger charge is 2.19. The summed E-state index contributed by atoms with van der Waals surface area (Å²) in [6.45, 7) is 6.40. The van der Waals surface area contributed by atoms with Gasteiger partial charge in [-0.1, -0.05) is 12.1 Å². The molecule has 2 aromatic rings. The van der Waals surface area contributed by atoms with Crippen molar-refractivity contribution in [3.05, 3.63) is 47.4 Å². The Morgan fingerprint density at radius 1 is 1.22 bits per heavy atom. The zero-order chi connectivity index (χ0) is 19.2. The fraction of sp³-hybridized carbons (Fsp3) is 0.368. The first-order chi connectivity index (χ1) is 13.1. The number of nitrogens with zero attached hydrogens (tertiary/aromatic N) is 3. The Kier molecular flexibility index (Phi) is 5.97. The molecule has 1 aliphatic heterocycles. The number of para-hydroxylation sites is 1. The normalized spacial score (nSPS) is 13.9. The number of esters is 1. The molecule has 0 unspecified atom stereocenters. The highest BCUT2D eigenvalue weighted by Crippen LogP contribution is 2.19. The monoisotopic (exact) mass is 370 g/mol. The van der Waals surface area contributed by atoms with Gasteiger partial charge in [-0.3, -0.25) is 4.79 Å². The lowest BCUT2D eigenvalue weighted by Gasteiger charge is -2.28. The van der Waals surface area contributed by atoms with Crippen LogP contribution in [0.25, 0.3) is 0 Å². The van der Waals surface area contributed by atoms with Gasteiger partial charge in [0.2, 0.25) is 0 Å². The highest BCUT2D eigenvalue weighted by atomic mass is 16.5. The molecule has 1 fully saturated rings. The SMILES string of the molecule is CCOC(=O)c1ccccc1NC(=O)c1cc(N2CCOCC2)nc(C)n1. The minimum absolute atomic E-state index is 0.239. The molecule has 3 rings (SSSR count). The molecule has 0 bridgehead atoms. The van der Waals surface area contributed by atoms with Crippen molar-refractivity contribution in [2.75, 3.05) is 43.1 Å². The summed E-state index contributed by atoms with van der Waals surface area (Å²) in [7, 11) is 0. The fourth-order valence-corrected chi connectivity index (χ4v) is 2.79. The lowest BCUT2D eigenvalue weighted by Crippen LogP contribution is -2.37. The van der Waals surface area contributed by atoms with E-state index in [1.165, 1.54) is 0 Å². The minimum Gasteiger partial charge on any atom is -0.462 e. The van der Waals surface area contributed by atoms with Crippen LogP contribution in [0, 0.1) is 6.92 Å². The van der Waals surface area contributed by atoms with Gasteiger partial charge in [-0.05, 0) is 26.0 Å². The molecular formula is C19H22N4O4. The number of hydrogen-bond donors (Lipinski definition) is 1. The van der Waals surface area contributed by atoms with Crippen molar-refractivity contribution in [1.82, 2.24) is 9.97 Å². The van der Waals surface area contributed by atoms with Crippen LogP contribution in [0.1, 0.15) is 33.6 Å². The Labute approximate surface area is 157 Å². The van der Waals surface area contributed by atoms with Crippen LogP contribution in [0.4, 0.5) is 11.5 Å². The summed E-state index contributed by atoms with van der Waals surface area (Å²) in [6, 6.07) is 8.37. The van der Waals surface area contributed by atoms with Crippen LogP contribution in [-0.4, -0.2) is 54.8 Å². The number of ether oxygens (including phenoxy) is 2. The van der Waals surface area contributed by atoms with Crippen LogP contribution >= 0.6 is 0 Å². The Hall–Kier alpha value is -3.00. The number of aryl methyl sites for hydroxylation is 1. The van der Waals surface area contributed by atoms with Crippen LogP contribution in [0.3, 0.4) is 0 Å². The summed E-state index contributed by atoms with van der Waals surface area (Å²) < 4.78 is 10.4. The zero-order valence-corrected chi connectivity index (χ0v) is 15.4. The molecular weight excluding hydrogens is 348 g/mol. The molecule has 0 saturated carbocycles. The maximum absolute atomic E-state index is 12.7. The molecule has 0 atom stereocenters. The molecule has 1 aromatic carbocycles. The number of rotatable bonds is 5. The van der Waals surface area contributed by atoms with E-state index < -0.39 is 11.9 Å². The number of benzene rings is 1. The smallest absolute Gasteiger partial charge is 0.340 e. The number of carbonyl (C=O) groups excluding carboxylic acids is 2. The van der Waals surface area contributed by atoms with E-state index in [2.05, 4.69) is 20.2 Å². The maximum Gasteiger partial charge on any atom is 0.340 e. The molecule has 0 radical (unpaired) electrons. The van der Waals surface area contributed by atoms with Crippen molar-refractivity contribution in [3.8, 4) is 0 Å². The molecule has 1 saturated heterocycles. The summed E-state index contributed by atoms with van der Waals surface area (Å²) in [4.78, 5) is 35.5. The van der Waals surface area contributed by atoms with E-state index in [0.717, 1.165) is 0 Å². The third kappa shape index (κ3) is 4.59. The summed E-state index contributed by atoms with van der Waals surface area (Å²) in [5, 5.41) is 2.75. The molecule has 1 aliphatic rings. The Morgan fingerprint density at radius 2 is 1.96 bits per heavy atom. The van der Waals surface area contributed by atoms with Gasteiger partial charge in [0.05, 0.1) is 31.1 Å². The van der Waals surface area contributed by atoms with Crippen molar-refractivity contribution in [1.29, 1.82) is 0 Å². The first-order valence-corrected chi connectivity index (χ1v) is 8.84. The van der Waals surface area contributed by atoms with Gasteiger partial charge in [0.15, 0.2) is 0 Å². The summed E-state index contributed by atoms with van der Waals surface area (Å²) in [5.74, 6) is 0.297. The van der Waals surface area contributed by atoms with E-state index in [1.54, 1.807) is 44.2 Å². The topological polar surface area (TPSA) is 93.7 Å². The molecule has 0 aliphatic carbocycles.